The highest BCUT2D eigenvalue weighted by atomic mass is 19.4. The average molecular weight is 325 g/mol. The summed E-state index contributed by atoms with van der Waals surface area (Å²) in [6, 6.07) is 1.87. The van der Waals surface area contributed by atoms with Gasteiger partial charge in [0.2, 0.25) is 0 Å². The van der Waals surface area contributed by atoms with Crippen molar-refractivity contribution in [2.24, 2.45) is 0 Å². The highest BCUT2D eigenvalue weighted by Gasteiger charge is 2.39. The molecule has 1 aromatic carbocycles. The first-order chi connectivity index (χ1) is 10.8. The number of benzene rings is 1. The lowest BCUT2D eigenvalue weighted by atomic mass is 9.98. The number of carbonyl (C=O) groups is 2. The Morgan fingerprint density at radius 1 is 1.30 bits per heavy atom. The number of carboxylic acid groups (broad SMARTS) is 1. The van der Waals surface area contributed by atoms with Crippen molar-refractivity contribution in [2.45, 2.75) is 31.5 Å². The van der Waals surface area contributed by atoms with Crippen LogP contribution in [0.5, 0.6) is 0 Å². The summed E-state index contributed by atoms with van der Waals surface area (Å²) in [5.74, 6) is -0.0598. The van der Waals surface area contributed by atoms with Crippen LogP contribution in [-0.2, 0) is 11.0 Å². The Morgan fingerprint density at radius 3 is 2.57 bits per heavy atom. The Morgan fingerprint density at radius 2 is 2.00 bits per heavy atom. The zero-order chi connectivity index (χ0) is 17.2. The van der Waals surface area contributed by atoms with Gasteiger partial charge in [-0.15, -0.1) is 6.42 Å². The number of nitrogens with zero attached hydrogens (tertiary/aromatic N) is 1. The number of carbonyl (C=O) groups excluding carboxylic acids is 1. The van der Waals surface area contributed by atoms with Gasteiger partial charge < -0.3 is 10.0 Å². The van der Waals surface area contributed by atoms with Gasteiger partial charge in [0.25, 0.3) is 5.91 Å². The van der Waals surface area contributed by atoms with Gasteiger partial charge in [-0.1, -0.05) is 5.92 Å². The second-order valence-corrected chi connectivity index (χ2v) is 5.25. The van der Waals surface area contributed by atoms with Crippen molar-refractivity contribution in [3.05, 3.63) is 34.9 Å². The number of piperidine rings is 1. The van der Waals surface area contributed by atoms with Crippen LogP contribution in [0.25, 0.3) is 0 Å². The van der Waals surface area contributed by atoms with E-state index < -0.39 is 35.2 Å². The van der Waals surface area contributed by atoms with Crippen LogP contribution in [0.3, 0.4) is 0 Å². The lowest BCUT2D eigenvalue weighted by molar-refractivity contribution is -0.143. The molecule has 1 N–H and O–H groups in total. The third-order valence-corrected chi connectivity index (χ3v) is 3.77. The molecular formula is C16H14F3NO3. The average Bonchev–Trinajstić information content (AvgIpc) is 2.52. The van der Waals surface area contributed by atoms with Crippen molar-refractivity contribution < 1.29 is 27.9 Å². The zero-order valence-corrected chi connectivity index (χ0v) is 12.1. The van der Waals surface area contributed by atoms with E-state index in [0.29, 0.717) is 12.8 Å². The molecule has 7 heteroatoms. The molecule has 122 valence electrons. The largest absolute Gasteiger partial charge is 0.480 e. The minimum Gasteiger partial charge on any atom is -0.480 e. The quantitative estimate of drug-likeness (QED) is 0.851. The summed E-state index contributed by atoms with van der Waals surface area (Å²) in [7, 11) is 0. The lowest BCUT2D eigenvalue weighted by Crippen LogP contribution is -2.48. The second kappa shape index (κ2) is 6.32. The van der Waals surface area contributed by atoms with Crippen molar-refractivity contribution in [3.63, 3.8) is 0 Å². The fraction of sp³-hybridized carbons (Fsp3) is 0.375. The van der Waals surface area contributed by atoms with Crippen LogP contribution in [0.15, 0.2) is 18.2 Å². The molecule has 2 rings (SSSR count). The van der Waals surface area contributed by atoms with Crippen LogP contribution in [0.4, 0.5) is 13.2 Å². The Kier molecular flexibility index (Phi) is 4.64. The first kappa shape index (κ1) is 16.9. The summed E-state index contributed by atoms with van der Waals surface area (Å²) in [5, 5.41) is 9.17. The second-order valence-electron chi connectivity index (χ2n) is 5.25. The van der Waals surface area contributed by atoms with Crippen molar-refractivity contribution in [1.29, 1.82) is 0 Å². The fourth-order valence-corrected chi connectivity index (χ4v) is 2.64. The molecule has 0 radical (unpaired) electrons. The maximum atomic E-state index is 13.2. The van der Waals surface area contributed by atoms with Crippen molar-refractivity contribution in [3.8, 4) is 12.3 Å². The molecule has 1 aliphatic rings. The normalized spacial score (nSPS) is 18.3. The topological polar surface area (TPSA) is 57.6 Å². The minimum atomic E-state index is -4.76. The molecular weight excluding hydrogens is 311 g/mol. The SMILES string of the molecule is C#Cc1ccc(C(=O)N2CCCCC2C(=O)O)c(C(F)(F)F)c1. The molecule has 1 aliphatic heterocycles. The molecule has 0 aliphatic carbocycles. The van der Waals surface area contributed by atoms with Crippen LogP contribution < -0.4 is 0 Å². The number of likely N-dealkylation sites (tertiary alicyclic amines) is 1. The molecule has 23 heavy (non-hydrogen) atoms. The first-order valence-electron chi connectivity index (χ1n) is 6.97. The number of carboxylic acids is 1. The smallest absolute Gasteiger partial charge is 0.417 e. The molecule has 1 atom stereocenters. The number of aliphatic carboxylic acids is 1. The molecule has 1 saturated heterocycles. The number of hydrogen-bond acceptors (Lipinski definition) is 2. The van der Waals surface area contributed by atoms with E-state index in [1.165, 1.54) is 6.07 Å². The third kappa shape index (κ3) is 3.47. The van der Waals surface area contributed by atoms with E-state index in [1.54, 1.807) is 0 Å². The van der Waals surface area contributed by atoms with Gasteiger partial charge in [0.05, 0.1) is 11.1 Å². The molecule has 1 heterocycles. The molecule has 1 fully saturated rings. The van der Waals surface area contributed by atoms with Gasteiger partial charge in [-0.2, -0.15) is 13.2 Å². The van der Waals surface area contributed by atoms with Crippen molar-refractivity contribution in [2.75, 3.05) is 6.54 Å². The number of rotatable bonds is 2. The lowest BCUT2D eigenvalue weighted by Gasteiger charge is -2.33. The van der Waals surface area contributed by atoms with E-state index in [0.717, 1.165) is 17.0 Å². The van der Waals surface area contributed by atoms with E-state index in [2.05, 4.69) is 5.92 Å². The number of terminal acetylenes is 1. The van der Waals surface area contributed by atoms with Gasteiger partial charge in [-0.3, -0.25) is 4.79 Å². The summed E-state index contributed by atoms with van der Waals surface area (Å²) in [6.07, 6.45) is 1.74. The van der Waals surface area contributed by atoms with Crippen LogP contribution in [0.2, 0.25) is 0 Å². The molecule has 0 spiro atoms. The molecule has 1 aromatic rings. The van der Waals surface area contributed by atoms with Gasteiger partial charge in [0, 0.05) is 12.1 Å². The summed E-state index contributed by atoms with van der Waals surface area (Å²) in [5.41, 5.74) is -1.72. The number of alkyl halides is 3. The highest BCUT2D eigenvalue weighted by molar-refractivity contribution is 5.98. The maximum absolute atomic E-state index is 13.2. The van der Waals surface area contributed by atoms with Crippen molar-refractivity contribution in [1.82, 2.24) is 4.90 Å². The zero-order valence-electron chi connectivity index (χ0n) is 12.1. The Hall–Kier alpha value is -2.49. The summed E-state index contributed by atoms with van der Waals surface area (Å²) in [4.78, 5) is 24.7. The molecule has 1 unspecified atom stereocenters. The summed E-state index contributed by atoms with van der Waals surface area (Å²) >= 11 is 0. The van der Waals surface area contributed by atoms with E-state index in [-0.39, 0.29) is 18.5 Å². The van der Waals surface area contributed by atoms with Crippen LogP contribution >= 0.6 is 0 Å². The number of amides is 1. The summed E-state index contributed by atoms with van der Waals surface area (Å²) in [6.45, 7) is 0.115. The van der Waals surface area contributed by atoms with E-state index >= 15 is 0 Å². The molecule has 1 amide bonds. The summed E-state index contributed by atoms with van der Waals surface area (Å²) < 4.78 is 39.6. The van der Waals surface area contributed by atoms with Crippen LogP contribution in [0.1, 0.15) is 40.7 Å². The van der Waals surface area contributed by atoms with Crippen LogP contribution in [0, 0.1) is 12.3 Å². The van der Waals surface area contributed by atoms with Gasteiger partial charge >= 0.3 is 12.1 Å². The standard InChI is InChI=1S/C16H14F3NO3/c1-2-10-6-7-11(12(9-10)16(17,18)19)14(21)20-8-4-3-5-13(20)15(22)23/h1,6-7,9,13H,3-5,8H2,(H,22,23). The first-order valence-corrected chi connectivity index (χ1v) is 6.97. The van der Waals surface area contributed by atoms with Crippen molar-refractivity contribution >= 4 is 11.9 Å². The fourth-order valence-electron chi connectivity index (χ4n) is 2.64. The Bertz CT molecular complexity index is 676. The van der Waals surface area contributed by atoms with Gasteiger partial charge in [-0.25, -0.2) is 4.79 Å². The third-order valence-electron chi connectivity index (χ3n) is 3.77. The van der Waals surface area contributed by atoms with Crippen LogP contribution in [-0.4, -0.2) is 34.5 Å². The monoisotopic (exact) mass is 325 g/mol. The maximum Gasteiger partial charge on any atom is 0.417 e. The van der Waals surface area contributed by atoms with Gasteiger partial charge in [0.1, 0.15) is 6.04 Å². The van der Waals surface area contributed by atoms with E-state index in [9.17, 15) is 27.9 Å². The molecule has 0 bridgehead atoms. The molecule has 4 nitrogen and oxygen atoms in total. The molecule has 0 saturated carbocycles. The van der Waals surface area contributed by atoms with E-state index in [1.807, 2.05) is 0 Å². The number of hydrogen-bond donors (Lipinski definition) is 1. The van der Waals surface area contributed by atoms with Gasteiger partial charge in [-0.05, 0) is 37.5 Å². The van der Waals surface area contributed by atoms with Gasteiger partial charge in [0.15, 0.2) is 0 Å². The Balaban J connectivity index is 2.46. The molecule has 0 aromatic heterocycles. The highest BCUT2D eigenvalue weighted by Crippen LogP contribution is 2.34. The minimum absolute atomic E-state index is 0.00213. The predicted molar refractivity (Wildman–Crippen MR) is 75.7 cm³/mol. The Labute approximate surface area is 130 Å². The van der Waals surface area contributed by atoms with E-state index in [4.69, 9.17) is 6.42 Å². The predicted octanol–water partition coefficient (Wildman–Crippen LogP) is 2.77. The number of halogens is 3.